The molecule has 0 heterocycles. The van der Waals surface area contributed by atoms with Crippen LogP contribution in [0.25, 0.3) is 0 Å². The molecule has 0 saturated heterocycles. The van der Waals surface area contributed by atoms with Crippen LogP contribution in [-0.4, -0.2) is 39.0 Å². The van der Waals surface area contributed by atoms with Crippen LogP contribution < -0.4 is 5.32 Å². The zero-order chi connectivity index (χ0) is 13.1. The molecule has 0 aromatic heterocycles. The molecule has 0 saturated carbocycles. The van der Waals surface area contributed by atoms with E-state index in [-0.39, 0.29) is 0 Å². The van der Waals surface area contributed by atoms with Gasteiger partial charge in [0.25, 0.3) is 0 Å². The van der Waals surface area contributed by atoms with E-state index < -0.39 is 0 Å². The van der Waals surface area contributed by atoms with E-state index in [0.29, 0.717) is 31.2 Å². The fourth-order valence-electron chi connectivity index (χ4n) is 1.45. The van der Waals surface area contributed by atoms with Crippen LogP contribution in [0.15, 0.2) is 0 Å². The molecule has 104 valence electrons. The quantitative estimate of drug-likeness (QED) is 0.568. The molecule has 0 amide bonds. The predicted octanol–water partition coefficient (Wildman–Crippen LogP) is 2.70. The van der Waals surface area contributed by atoms with Gasteiger partial charge in [-0.2, -0.15) is 0 Å². The number of ether oxygens (including phenoxy) is 2. The summed E-state index contributed by atoms with van der Waals surface area (Å²) in [6.45, 7) is 15.2. The molecule has 0 fully saturated rings. The van der Waals surface area contributed by atoms with Crippen molar-refractivity contribution in [1.29, 1.82) is 0 Å². The van der Waals surface area contributed by atoms with Crippen LogP contribution in [0.2, 0.25) is 0 Å². The first kappa shape index (κ1) is 16.9. The largest absolute Gasteiger partial charge is 0.379 e. The molecule has 0 aromatic rings. The Bertz CT molecular complexity index is 160. The van der Waals surface area contributed by atoms with Crippen LogP contribution in [0.1, 0.15) is 41.0 Å². The lowest BCUT2D eigenvalue weighted by Gasteiger charge is -2.18. The van der Waals surface area contributed by atoms with Crippen molar-refractivity contribution in [1.82, 2.24) is 5.32 Å². The van der Waals surface area contributed by atoms with Gasteiger partial charge in [0.1, 0.15) is 0 Å². The van der Waals surface area contributed by atoms with E-state index in [1.54, 1.807) is 0 Å². The Morgan fingerprint density at radius 3 is 2.18 bits per heavy atom. The van der Waals surface area contributed by atoms with Crippen LogP contribution in [0.3, 0.4) is 0 Å². The monoisotopic (exact) mass is 245 g/mol. The standard InChI is InChI=1S/C14H31NO2/c1-6-14(10-15-9-12(2)3)17-8-7-16-11-13(4)5/h12-15H,6-11H2,1-5H3. The number of hydrogen-bond donors (Lipinski definition) is 1. The summed E-state index contributed by atoms with van der Waals surface area (Å²) >= 11 is 0. The average molecular weight is 245 g/mol. The molecule has 0 spiro atoms. The van der Waals surface area contributed by atoms with Gasteiger partial charge < -0.3 is 14.8 Å². The van der Waals surface area contributed by atoms with Gasteiger partial charge in [-0.15, -0.1) is 0 Å². The maximum Gasteiger partial charge on any atom is 0.0704 e. The van der Waals surface area contributed by atoms with E-state index in [9.17, 15) is 0 Å². The summed E-state index contributed by atoms with van der Waals surface area (Å²) in [7, 11) is 0. The highest BCUT2D eigenvalue weighted by atomic mass is 16.5. The predicted molar refractivity (Wildman–Crippen MR) is 73.4 cm³/mol. The van der Waals surface area contributed by atoms with Gasteiger partial charge in [0, 0.05) is 13.2 Å². The van der Waals surface area contributed by atoms with Crippen molar-refractivity contribution in [2.24, 2.45) is 11.8 Å². The van der Waals surface area contributed by atoms with Gasteiger partial charge in [0.05, 0.1) is 19.3 Å². The molecule has 3 nitrogen and oxygen atoms in total. The van der Waals surface area contributed by atoms with E-state index in [1.807, 2.05) is 0 Å². The molecule has 1 N–H and O–H groups in total. The molecule has 0 bridgehead atoms. The van der Waals surface area contributed by atoms with Gasteiger partial charge in [-0.1, -0.05) is 34.6 Å². The molecular weight excluding hydrogens is 214 g/mol. The Kier molecular flexibility index (Phi) is 10.9. The van der Waals surface area contributed by atoms with Crippen molar-refractivity contribution in [2.75, 3.05) is 32.9 Å². The zero-order valence-electron chi connectivity index (χ0n) is 12.3. The van der Waals surface area contributed by atoms with Gasteiger partial charge in [-0.05, 0) is 24.8 Å². The van der Waals surface area contributed by atoms with Gasteiger partial charge in [0.2, 0.25) is 0 Å². The fraction of sp³-hybridized carbons (Fsp3) is 1.00. The summed E-state index contributed by atoms with van der Waals surface area (Å²) in [5.74, 6) is 1.30. The minimum Gasteiger partial charge on any atom is -0.379 e. The van der Waals surface area contributed by atoms with Crippen LogP contribution in [0.4, 0.5) is 0 Å². The molecule has 1 unspecified atom stereocenters. The number of nitrogens with one attached hydrogen (secondary N) is 1. The van der Waals surface area contributed by atoms with Crippen LogP contribution in [0, 0.1) is 11.8 Å². The SMILES string of the molecule is CCC(CNCC(C)C)OCCOCC(C)C. The highest BCUT2D eigenvalue weighted by Crippen LogP contribution is 1.98. The second-order valence-corrected chi connectivity index (χ2v) is 5.42. The summed E-state index contributed by atoms with van der Waals surface area (Å²) in [5.41, 5.74) is 0. The summed E-state index contributed by atoms with van der Waals surface area (Å²) in [6, 6.07) is 0. The lowest BCUT2D eigenvalue weighted by Crippen LogP contribution is -2.32. The molecule has 0 aliphatic carbocycles. The van der Waals surface area contributed by atoms with E-state index in [0.717, 1.165) is 26.1 Å². The first-order chi connectivity index (χ1) is 8.06. The second kappa shape index (κ2) is 11.0. The molecule has 0 aromatic carbocycles. The highest BCUT2D eigenvalue weighted by Gasteiger charge is 2.06. The first-order valence-electron chi connectivity index (χ1n) is 6.96. The summed E-state index contributed by atoms with van der Waals surface area (Å²) in [6.07, 6.45) is 1.37. The fourth-order valence-corrected chi connectivity index (χ4v) is 1.45. The maximum atomic E-state index is 5.77. The molecule has 17 heavy (non-hydrogen) atoms. The smallest absolute Gasteiger partial charge is 0.0704 e. The minimum absolute atomic E-state index is 0.316. The van der Waals surface area contributed by atoms with Crippen molar-refractivity contribution in [3.63, 3.8) is 0 Å². The van der Waals surface area contributed by atoms with Gasteiger partial charge >= 0.3 is 0 Å². The average Bonchev–Trinajstić information content (AvgIpc) is 2.25. The lowest BCUT2D eigenvalue weighted by atomic mass is 10.2. The van der Waals surface area contributed by atoms with Crippen LogP contribution in [-0.2, 0) is 9.47 Å². The van der Waals surface area contributed by atoms with Crippen molar-refractivity contribution in [3.8, 4) is 0 Å². The highest BCUT2D eigenvalue weighted by molar-refractivity contribution is 4.60. The van der Waals surface area contributed by atoms with Crippen molar-refractivity contribution < 1.29 is 9.47 Å². The Hall–Kier alpha value is -0.120. The first-order valence-corrected chi connectivity index (χ1v) is 6.96. The molecule has 0 aliphatic rings. The van der Waals surface area contributed by atoms with Crippen molar-refractivity contribution >= 4 is 0 Å². The van der Waals surface area contributed by atoms with Gasteiger partial charge in [-0.25, -0.2) is 0 Å². The third-order valence-electron chi connectivity index (χ3n) is 2.41. The number of rotatable bonds is 11. The van der Waals surface area contributed by atoms with E-state index in [4.69, 9.17) is 9.47 Å². The van der Waals surface area contributed by atoms with Gasteiger partial charge in [-0.3, -0.25) is 0 Å². The third kappa shape index (κ3) is 12.1. The van der Waals surface area contributed by atoms with Crippen molar-refractivity contribution in [3.05, 3.63) is 0 Å². The third-order valence-corrected chi connectivity index (χ3v) is 2.41. The van der Waals surface area contributed by atoms with Crippen molar-refractivity contribution in [2.45, 2.75) is 47.1 Å². The maximum absolute atomic E-state index is 5.77. The molecule has 0 aliphatic heterocycles. The minimum atomic E-state index is 0.316. The van der Waals surface area contributed by atoms with Gasteiger partial charge in [0.15, 0.2) is 0 Å². The summed E-state index contributed by atoms with van der Waals surface area (Å²) < 4.78 is 11.3. The Morgan fingerprint density at radius 2 is 1.65 bits per heavy atom. The molecule has 1 atom stereocenters. The Balaban J connectivity index is 3.41. The summed E-state index contributed by atoms with van der Waals surface area (Å²) in [4.78, 5) is 0. The molecule has 0 radical (unpaired) electrons. The number of hydrogen-bond acceptors (Lipinski definition) is 3. The normalized spacial score (nSPS) is 13.6. The van der Waals surface area contributed by atoms with E-state index in [2.05, 4.69) is 39.9 Å². The Morgan fingerprint density at radius 1 is 0.941 bits per heavy atom. The zero-order valence-corrected chi connectivity index (χ0v) is 12.3. The topological polar surface area (TPSA) is 30.5 Å². The molecular formula is C14H31NO2. The van der Waals surface area contributed by atoms with Crippen LogP contribution in [0.5, 0.6) is 0 Å². The summed E-state index contributed by atoms with van der Waals surface area (Å²) in [5, 5.41) is 3.43. The lowest BCUT2D eigenvalue weighted by molar-refractivity contribution is -0.00162. The van der Waals surface area contributed by atoms with E-state index in [1.165, 1.54) is 0 Å². The molecule has 0 rings (SSSR count). The van der Waals surface area contributed by atoms with Crippen LogP contribution >= 0.6 is 0 Å². The Labute approximate surface area is 107 Å². The molecule has 3 heteroatoms. The second-order valence-electron chi connectivity index (χ2n) is 5.42. The van der Waals surface area contributed by atoms with E-state index >= 15 is 0 Å².